The number of nitrogens with one attached hydrogen (secondary N) is 1. The Hall–Kier alpha value is -1.10. The van der Waals surface area contributed by atoms with E-state index in [2.05, 4.69) is 5.32 Å². The van der Waals surface area contributed by atoms with Gasteiger partial charge in [0, 0.05) is 0 Å². The van der Waals surface area contributed by atoms with Crippen LogP contribution >= 0.6 is 0 Å². The van der Waals surface area contributed by atoms with Gasteiger partial charge in [-0.3, -0.25) is 14.9 Å². The number of amides is 1. The molecule has 2 unspecified atom stereocenters. The predicted molar refractivity (Wildman–Crippen MR) is 50.6 cm³/mol. The molecule has 1 aliphatic carbocycles. The fourth-order valence-electron chi connectivity index (χ4n) is 1.54. The standard InChI is InChI=1S/C9H16N2O3/c1-5(7(10)12)11-9(2,8(13)14)6-3-4-6/h5-6,11H,3-4H2,1-2H3,(H2,10,12)(H,13,14). The van der Waals surface area contributed by atoms with Crippen LogP contribution in [0, 0.1) is 5.92 Å². The molecule has 0 aliphatic heterocycles. The maximum Gasteiger partial charge on any atom is 0.323 e. The number of hydrogen-bond donors (Lipinski definition) is 3. The summed E-state index contributed by atoms with van der Waals surface area (Å²) in [6.45, 7) is 3.18. The van der Waals surface area contributed by atoms with Crippen molar-refractivity contribution in [3.63, 3.8) is 0 Å². The number of primary amides is 1. The Morgan fingerprint density at radius 3 is 2.36 bits per heavy atom. The molecular weight excluding hydrogens is 184 g/mol. The molecule has 2 atom stereocenters. The number of carboxylic acids is 1. The van der Waals surface area contributed by atoms with Crippen LogP contribution in [0.25, 0.3) is 0 Å². The van der Waals surface area contributed by atoms with Gasteiger partial charge in [0.1, 0.15) is 5.54 Å². The molecule has 0 aromatic rings. The monoisotopic (exact) mass is 200 g/mol. The molecule has 0 spiro atoms. The smallest absolute Gasteiger partial charge is 0.323 e. The lowest BCUT2D eigenvalue weighted by Gasteiger charge is -2.28. The molecule has 4 N–H and O–H groups in total. The van der Waals surface area contributed by atoms with E-state index in [0.717, 1.165) is 12.8 Å². The van der Waals surface area contributed by atoms with Gasteiger partial charge in [-0.1, -0.05) is 0 Å². The summed E-state index contributed by atoms with van der Waals surface area (Å²) in [4.78, 5) is 21.9. The third kappa shape index (κ3) is 2.04. The number of nitrogens with two attached hydrogens (primary N) is 1. The van der Waals surface area contributed by atoms with Crippen LogP contribution in [0.2, 0.25) is 0 Å². The van der Waals surface area contributed by atoms with Gasteiger partial charge in [-0.05, 0) is 32.6 Å². The van der Waals surface area contributed by atoms with Crippen LogP contribution in [0.5, 0.6) is 0 Å². The zero-order chi connectivity index (χ0) is 10.9. The van der Waals surface area contributed by atoms with Crippen molar-refractivity contribution in [2.24, 2.45) is 11.7 Å². The average molecular weight is 200 g/mol. The van der Waals surface area contributed by atoms with Crippen molar-refractivity contribution in [3.8, 4) is 0 Å². The fraction of sp³-hybridized carbons (Fsp3) is 0.778. The second-order valence-corrected chi connectivity index (χ2v) is 4.05. The Kier molecular flexibility index (Phi) is 2.80. The Bertz CT molecular complexity index is 263. The highest BCUT2D eigenvalue weighted by Crippen LogP contribution is 2.39. The van der Waals surface area contributed by atoms with Crippen LogP contribution in [0.3, 0.4) is 0 Å². The lowest BCUT2D eigenvalue weighted by Crippen LogP contribution is -2.57. The first-order chi connectivity index (χ1) is 6.38. The highest BCUT2D eigenvalue weighted by molar-refractivity contribution is 5.83. The molecule has 0 aromatic carbocycles. The van der Waals surface area contributed by atoms with Crippen molar-refractivity contribution in [3.05, 3.63) is 0 Å². The summed E-state index contributed by atoms with van der Waals surface area (Å²) in [6, 6.07) is -0.614. The molecule has 0 bridgehead atoms. The summed E-state index contributed by atoms with van der Waals surface area (Å²) < 4.78 is 0. The van der Waals surface area contributed by atoms with Gasteiger partial charge in [-0.15, -0.1) is 0 Å². The van der Waals surface area contributed by atoms with E-state index >= 15 is 0 Å². The van der Waals surface area contributed by atoms with Gasteiger partial charge in [0.2, 0.25) is 5.91 Å². The van der Waals surface area contributed by atoms with Crippen molar-refractivity contribution in [2.75, 3.05) is 0 Å². The van der Waals surface area contributed by atoms with Crippen LogP contribution in [0.4, 0.5) is 0 Å². The van der Waals surface area contributed by atoms with E-state index in [4.69, 9.17) is 10.8 Å². The molecule has 1 fully saturated rings. The van der Waals surface area contributed by atoms with Crippen LogP contribution in [-0.4, -0.2) is 28.6 Å². The minimum atomic E-state index is -1.02. The SMILES string of the molecule is CC(NC(C)(C(=O)O)C1CC1)C(N)=O. The van der Waals surface area contributed by atoms with Crippen LogP contribution in [-0.2, 0) is 9.59 Å². The van der Waals surface area contributed by atoms with Gasteiger partial charge in [-0.2, -0.15) is 0 Å². The van der Waals surface area contributed by atoms with E-state index < -0.39 is 23.5 Å². The Balaban J connectivity index is 2.69. The minimum absolute atomic E-state index is 0.113. The van der Waals surface area contributed by atoms with E-state index in [1.807, 2.05) is 0 Å². The van der Waals surface area contributed by atoms with Gasteiger partial charge in [0.25, 0.3) is 0 Å². The maximum atomic E-state index is 11.0. The second-order valence-electron chi connectivity index (χ2n) is 4.05. The number of rotatable bonds is 5. The van der Waals surface area contributed by atoms with Gasteiger partial charge in [0.05, 0.1) is 6.04 Å². The van der Waals surface area contributed by atoms with Crippen LogP contribution < -0.4 is 11.1 Å². The number of carboxylic acid groups (broad SMARTS) is 1. The average Bonchev–Trinajstić information content (AvgIpc) is 2.85. The van der Waals surface area contributed by atoms with Gasteiger partial charge in [-0.25, -0.2) is 0 Å². The lowest BCUT2D eigenvalue weighted by molar-refractivity contribution is -0.145. The van der Waals surface area contributed by atoms with Crippen LogP contribution in [0.15, 0.2) is 0 Å². The largest absolute Gasteiger partial charge is 0.480 e. The molecule has 1 aliphatic rings. The highest BCUT2D eigenvalue weighted by Gasteiger charge is 2.48. The molecule has 5 nitrogen and oxygen atoms in total. The van der Waals surface area contributed by atoms with E-state index in [1.54, 1.807) is 13.8 Å². The van der Waals surface area contributed by atoms with Gasteiger partial charge in [0.15, 0.2) is 0 Å². The molecule has 1 saturated carbocycles. The van der Waals surface area contributed by atoms with Crippen molar-refractivity contribution in [1.29, 1.82) is 0 Å². The Morgan fingerprint density at radius 1 is 1.57 bits per heavy atom. The number of aliphatic carboxylic acids is 1. The fourth-order valence-corrected chi connectivity index (χ4v) is 1.54. The summed E-state index contributed by atoms with van der Waals surface area (Å²) in [7, 11) is 0. The van der Waals surface area contributed by atoms with E-state index in [9.17, 15) is 9.59 Å². The topological polar surface area (TPSA) is 92.4 Å². The first kappa shape index (κ1) is 11.0. The Labute approximate surface area is 82.7 Å². The predicted octanol–water partition coefficient (Wildman–Crippen LogP) is -0.297. The molecule has 1 rings (SSSR count). The summed E-state index contributed by atoms with van der Waals surface area (Å²) in [5, 5.41) is 11.8. The zero-order valence-corrected chi connectivity index (χ0v) is 8.41. The van der Waals surface area contributed by atoms with Crippen molar-refractivity contribution >= 4 is 11.9 Å². The molecule has 80 valence electrons. The highest BCUT2D eigenvalue weighted by atomic mass is 16.4. The van der Waals surface area contributed by atoms with Crippen molar-refractivity contribution in [2.45, 2.75) is 38.3 Å². The molecule has 1 amide bonds. The third-order valence-corrected chi connectivity index (χ3v) is 2.78. The normalized spacial score (nSPS) is 22.4. The number of carbonyl (C=O) groups is 2. The van der Waals surface area contributed by atoms with E-state index in [1.165, 1.54) is 0 Å². The molecule has 0 saturated heterocycles. The van der Waals surface area contributed by atoms with Crippen LogP contribution in [0.1, 0.15) is 26.7 Å². The third-order valence-electron chi connectivity index (χ3n) is 2.78. The zero-order valence-electron chi connectivity index (χ0n) is 8.41. The van der Waals surface area contributed by atoms with Crippen molar-refractivity contribution in [1.82, 2.24) is 5.32 Å². The first-order valence-corrected chi connectivity index (χ1v) is 4.68. The van der Waals surface area contributed by atoms with E-state index in [0.29, 0.717) is 0 Å². The first-order valence-electron chi connectivity index (χ1n) is 4.68. The molecule has 0 radical (unpaired) electrons. The second kappa shape index (κ2) is 3.57. The summed E-state index contributed by atoms with van der Waals surface area (Å²) in [5.41, 5.74) is 4.05. The number of carbonyl (C=O) groups excluding carboxylic acids is 1. The van der Waals surface area contributed by atoms with Crippen molar-refractivity contribution < 1.29 is 14.7 Å². The Morgan fingerprint density at radius 2 is 2.07 bits per heavy atom. The summed E-state index contributed by atoms with van der Waals surface area (Å²) in [6.07, 6.45) is 1.78. The molecule has 14 heavy (non-hydrogen) atoms. The molecular formula is C9H16N2O3. The number of hydrogen-bond acceptors (Lipinski definition) is 3. The summed E-state index contributed by atoms with van der Waals surface area (Å²) >= 11 is 0. The van der Waals surface area contributed by atoms with Gasteiger partial charge >= 0.3 is 5.97 Å². The van der Waals surface area contributed by atoms with Gasteiger partial charge < -0.3 is 10.8 Å². The molecule has 0 aromatic heterocycles. The van der Waals surface area contributed by atoms with E-state index in [-0.39, 0.29) is 5.92 Å². The molecule has 5 heteroatoms. The quantitative estimate of drug-likeness (QED) is 0.568. The lowest BCUT2D eigenvalue weighted by atomic mass is 9.95. The summed E-state index contributed by atoms with van der Waals surface area (Å²) in [5.74, 6) is -1.34. The maximum absolute atomic E-state index is 11.0. The molecule has 0 heterocycles. The minimum Gasteiger partial charge on any atom is -0.480 e.